The van der Waals surface area contributed by atoms with Crippen LogP contribution in [0.5, 0.6) is 0 Å². The van der Waals surface area contributed by atoms with Crippen molar-refractivity contribution in [3.05, 3.63) is 71.3 Å². The predicted molar refractivity (Wildman–Crippen MR) is 107 cm³/mol. The lowest BCUT2D eigenvalue weighted by Crippen LogP contribution is -2.23. The van der Waals surface area contributed by atoms with Crippen LogP contribution in [0.1, 0.15) is 34.2 Å². The summed E-state index contributed by atoms with van der Waals surface area (Å²) in [6, 6.07) is 11.6. The number of hydrogen-bond donors (Lipinski definition) is 1. The van der Waals surface area contributed by atoms with Gasteiger partial charge in [0.05, 0.1) is 28.5 Å². The van der Waals surface area contributed by atoms with E-state index in [0.717, 1.165) is 34.6 Å². The monoisotopic (exact) mass is 374 g/mol. The molecule has 28 heavy (non-hydrogen) atoms. The van der Waals surface area contributed by atoms with Crippen molar-refractivity contribution in [2.24, 2.45) is 0 Å². The van der Waals surface area contributed by atoms with E-state index < -0.39 is 0 Å². The molecule has 4 rings (SSSR count). The van der Waals surface area contributed by atoms with E-state index in [-0.39, 0.29) is 5.91 Å². The van der Waals surface area contributed by atoms with Gasteiger partial charge in [-0.1, -0.05) is 18.2 Å². The molecule has 1 aromatic carbocycles. The van der Waals surface area contributed by atoms with Crippen LogP contribution in [0.15, 0.2) is 48.8 Å². The first-order valence-corrected chi connectivity index (χ1v) is 9.28. The zero-order valence-corrected chi connectivity index (χ0v) is 16.2. The summed E-state index contributed by atoms with van der Waals surface area (Å²) in [5.74, 6) is -0.143. The third-order valence-corrected chi connectivity index (χ3v) is 4.65. The maximum atomic E-state index is 13.0. The number of nitrogens with one attached hydrogen (secondary N) is 1. The molecule has 0 aliphatic rings. The molecular formula is C21H22N6O. The average molecular weight is 374 g/mol. The molecule has 1 N–H and O–H groups in total. The summed E-state index contributed by atoms with van der Waals surface area (Å²) in [5, 5.41) is 12.6. The normalized spacial score (nSPS) is 11.1. The SMILES string of the molecule is CCn1cc(CNC(=O)c2cc(C)nc3c2c(C)nn3-c2ccccc2)cn1. The Hall–Kier alpha value is -3.48. The first kappa shape index (κ1) is 17.9. The fraction of sp³-hybridized carbons (Fsp3) is 0.238. The largest absolute Gasteiger partial charge is 0.348 e. The fourth-order valence-corrected chi connectivity index (χ4v) is 3.29. The van der Waals surface area contributed by atoms with Crippen molar-refractivity contribution in [2.75, 3.05) is 0 Å². The second-order valence-electron chi connectivity index (χ2n) is 6.73. The van der Waals surface area contributed by atoms with Gasteiger partial charge in [0.1, 0.15) is 0 Å². The summed E-state index contributed by atoms with van der Waals surface area (Å²) in [6.07, 6.45) is 3.71. The fourth-order valence-electron chi connectivity index (χ4n) is 3.29. The van der Waals surface area contributed by atoms with E-state index >= 15 is 0 Å². The Bertz CT molecular complexity index is 1140. The van der Waals surface area contributed by atoms with Crippen molar-refractivity contribution in [2.45, 2.75) is 33.9 Å². The number of fused-ring (bicyclic) bond motifs is 1. The Morgan fingerprint density at radius 1 is 1.18 bits per heavy atom. The molecule has 0 aliphatic heterocycles. The number of amides is 1. The third kappa shape index (κ3) is 3.26. The van der Waals surface area contributed by atoms with Gasteiger partial charge in [0, 0.05) is 30.5 Å². The molecule has 7 nitrogen and oxygen atoms in total. The van der Waals surface area contributed by atoms with Gasteiger partial charge in [-0.25, -0.2) is 9.67 Å². The van der Waals surface area contributed by atoms with Crippen LogP contribution in [0, 0.1) is 13.8 Å². The van der Waals surface area contributed by atoms with Crippen LogP contribution in [0.3, 0.4) is 0 Å². The van der Waals surface area contributed by atoms with Crippen molar-refractivity contribution >= 4 is 16.9 Å². The lowest BCUT2D eigenvalue weighted by atomic mass is 10.1. The number of carbonyl (C=O) groups excluding carboxylic acids is 1. The molecular weight excluding hydrogens is 352 g/mol. The molecule has 0 radical (unpaired) electrons. The van der Waals surface area contributed by atoms with Gasteiger partial charge in [-0.15, -0.1) is 0 Å². The Kier molecular flexibility index (Phi) is 4.65. The Balaban J connectivity index is 1.70. The molecule has 1 amide bonds. The minimum absolute atomic E-state index is 0.143. The molecule has 0 unspecified atom stereocenters. The molecule has 0 fully saturated rings. The van der Waals surface area contributed by atoms with Crippen molar-refractivity contribution < 1.29 is 4.79 Å². The second-order valence-corrected chi connectivity index (χ2v) is 6.73. The van der Waals surface area contributed by atoms with E-state index in [4.69, 9.17) is 0 Å². The van der Waals surface area contributed by atoms with E-state index in [9.17, 15) is 4.79 Å². The van der Waals surface area contributed by atoms with Gasteiger partial charge in [0.2, 0.25) is 0 Å². The number of para-hydroxylation sites is 1. The van der Waals surface area contributed by atoms with Crippen molar-refractivity contribution in [3.8, 4) is 5.69 Å². The highest BCUT2D eigenvalue weighted by Gasteiger charge is 2.19. The molecule has 4 aromatic rings. The van der Waals surface area contributed by atoms with Gasteiger partial charge >= 0.3 is 0 Å². The van der Waals surface area contributed by atoms with Gasteiger partial charge in [0.15, 0.2) is 5.65 Å². The summed E-state index contributed by atoms with van der Waals surface area (Å²) in [4.78, 5) is 17.6. The maximum Gasteiger partial charge on any atom is 0.252 e. The van der Waals surface area contributed by atoms with Gasteiger partial charge < -0.3 is 5.32 Å². The number of rotatable bonds is 5. The zero-order chi connectivity index (χ0) is 19.7. The maximum absolute atomic E-state index is 13.0. The minimum atomic E-state index is -0.143. The topological polar surface area (TPSA) is 77.6 Å². The number of hydrogen-bond acceptors (Lipinski definition) is 4. The third-order valence-electron chi connectivity index (χ3n) is 4.65. The quantitative estimate of drug-likeness (QED) is 0.582. The number of aryl methyl sites for hydroxylation is 3. The molecule has 0 saturated carbocycles. The van der Waals surface area contributed by atoms with Crippen molar-refractivity contribution in [1.82, 2.24) is 29.9 Å². The summed E-state index contributed by atoms with van der Waals surface area (Å²) in [6.45, 7) is 7.04. The number of pyridine rings is 1. The van der Waals surface area contributed by atoms with E-state index in [1.807, 2.05) is 68.0 Å². The summed E-state index contributed by atoms with van der Waals surface area (Å²) >= 11 is 0. The number of aromatic nitrogens is 5. The predicted octanol–water partition coefficient (Wildman–Crippen LogP) is 3.18. The van der Waals surface area contributed by atoms with Crippen LogP contribution >= 0.6 is 0 Å². The molecule has 0 atom stereocenters. The number of benzene rings is 1. The van der Waals surface area contributed by atoms with Crippen molar-refractivity contribution in [3.63, 3.8) is 0 Å². The minimum Gasteiger partial charge on any atom is -0.348 e. The molecule has 7 heteroatoms. The molecule has 0 bridgehead atoms. The first-order chi connectivity index (χ1) is 13.6. The summed E-state index contributed by atoms with van der Waals surface area (Å²) in [7, 11) is 0. The average Bonchev–Trinajstić information content (AvgIpc) is 3.30. The van der Waals surface area contributed by atoms with Crippen molar-refractivity contribution in [1.29, 1.82) is 0 Å². The second kappa shape index (κ2) is 7.26. The number of nitrogens with zero attached hydrogens (tertiary/aromatic N) is 5. The first-order valence-electron chi connectivity index (χ1n) is 9.28. The van der Waals surface area contributed by atoms with E-state index in [0.29, 0.717) is 17.8 Å². The Labute approximate surface area is 163 Å². The zero-order valence-electron chi connectivity index (χ0n) is 16.2. The summed E-state index contributed by atoms with van der Waals surface area (Å²) in [5.41, 5.74) is 4.70. The van der Waals surface area contributed by atoms with E-state index in [1.165, 1.54) is 0 Å². The van der Waals surface area contributed by atoms with Gasteiger partial charge in [0.25, 0.3) is 5.91 Å². The van der Waals surface area contributed by atoms with E-state index in [1.54, 1.807) is 10.9 Å². The lowest BCUT2D eigenvalue weighted by molar-refractivity contribution is 0.0952. The lowest BCUT2D eigenvalue weighted by Gasteiger charge is -2.08. The highest BCUT2D eigenvalue weighted by atomic mass is 16.1. The van der Waals surface area contributed by atoms with E-state index in [2.05, 4.69) is 20.5 Å². The van der Waals surface area contributed by atoms with Crippen LogP contribution in [0.25, 0.3) is 16.7 Å². The molecule has 0 saturated heterocycles. The van der Waals surface area contributed by atoms with Gasteiger partial charge in [-0.2, -0.15) is 10.2 Å². The Morgan fingerprint density at radius 2 is 1.96 bits per heavy atom. The summed E-state index contributed by atoms with van der Waals surface area (Å²) < 4.78 is 3.63. The van der Waals surface area contributed by atoms with Crippen LogP contribution < -0.4 is 5.32 Å². The highest BCUT2D eigenvalue weighted by molar-refractivity contribution is 6.06. The molecule has 3 aromatic heterocycles. The molecule has 0 aliphatic carbocycles. The number of carbonyl (C=O) groups is 1. The smallest absolute Gasteiger partial charge is 0.252 e. The molecule has 142 valence electrons. The van der Waals surface area contributed by atoms with Crippen LogP contribution in [0.4, 0.5) is 0 Å². The van der Waals surface area contributed by atoms with Gasteiger partial charge in [-0.05, 0) is 39.0 Å². The highest BCUT2D eigenvalue weighted by Crippen LogP contribution is 2.24. The van der Waals surface area contributed by atoms with Crippen LogP contribution in [0.2, 0.25) is 0 Å². The molecule has 3 heterocycles. The van der Waals surface area contributed by atoms with Crippen LogP contribution in [-0.2, 0) is 13.1 Å². The molecule has 0 spiro atoms. The van der Waals surface area contributed by atoms with Crippen LogP contribution in [-0.4, -0.2) is 30.5 Å². The van der Waals surface area contributed by atoms with Gasteiger partial charge in [-0.3, -0.25) is 9.48 Å². The standard InChI is InChI=1S/C21H22N6O/c1-4-26-13-16(12-23-26)11-22-21(28)18-10-14(2)24-20-19(18)15(3)25-27(20)17-8-6-5-7-9-17/h5-10,12-13H,4,11H2,1-3H3,(H,22,28). The Morgan fingerprint density at radius 3 is 2.68 bits per heavy atom.